The van der Waals surface area contributed by atoms with E-state index in [4.69, 9.17) is 23.2 Å². The molecular weight excluding hydrogens is 430 g/mol. The molecule has 2 aromatic heterocycles. The number of halogens is 3. The van der Waals surface area contributed by atoms with Gasteiger partial charge in [0.25, 0.3) is 0 Å². The van der Waals surface area contributed by atoms with Crippen LogP contribution in [0.5, 0.6) is 5.75 Å². The number of phenols is 1. The first-order valence-electron chi connectivity index (χ1n) is 8.73. The average Bonchev–Trinajstić information content (AvgIpc) is 2.73. The van der Waals surface area contributed by atoms with Crippen LogP contribution in [0, 0.1) is 5.82 Å². The Labute approximate surface area is 180 Å². The number of benzene rings is 2. The molecular formula is C21H13Cl2FN4O2. The highest BCUT2D eigenvalue weighted by molar-refractivity contribution is 6.32. The van der Waals surface area contributed by atoms with Crippen molar-refractivity contribution in [1.29, 1.82) is 0 Å². The van der Waals surface area contributed by atoms with E-state index < -0.39 is 11.7 Å². The minimum Gasteiger partial charge on any atom is -0.508 e. The number of hydrogen-bond acceptors (Lipinski definition) is 5. The summed E-state index contributed by atoms with van der Waals surface area (Å²) in [6, 6.07) is 13.9. The van der Waals surface area contributed by atoms with Crippen LogP contribution in [0.3, 0.4) is 0 Å². The molecule has 4 aromatic rings. The highest BCUT2D eigenvalue weighted by atomic mass is 35.5. The van der Waals surface area contributed by atoms with Gasteiger partial charge in [0.1, 0.15) is 22.6 Å². The SMILES string of the molecule is O=C(CCl)Nc1nc(-c2ccc(O)cc2)cc(-c2cc3cc(F)ccc3nc2Cl)n1. The standard InChI is InChI=1S/C21H13Cl2FN4O2/c22-10-19(30)28-21-26-17(11-1-4-14(29)5-2-11)9-18(27-21)15-8-12-7-13(24)3-6-16(12)25-20(15)23/h1-9,29H,10H2,(H,26,27,28,30). The van der Waals surface area contributed by atoms with Crippen molar-refractivity contribution in [1.82, 2.24) is 15.0 Å². The van der Waals surface area contributed by atoms with Gasteiger partial charge in [0.15, 0.2) is 0 Å². The van der Waals surface area contributed by atoms with E-state index in [1.54, 1.807) is 24.3 Å². The van der Waals surface area contributed by atoms with Crippen LogP contribution in [0.25, 0.3) is 33.4 Å². The minimum absolute atomic E-state index is 0.0247. The van der Waals surface area contributed by atoms with Gasteiger partial charge in [-0.05, 0) is 54.6 Å². The average molecular weight is 443 g/mol. The summed E-state index contributed by atoms with van der Waals surface area (Å²) in [6.45, 7) is 0. The summed E-state index contributed by atoms with van der Waals surface area (Å²) < 4.78 is 13.7. The molecule has 2 N–H and O–H groups in total. The molecule has 0 radical (unpaired) electrons. The second kappa shape index (κ2) is 8.22. The molecule has 2 heterocycles. The first-order valence-corrected chi connectivity index (χ1v) is 9.64. The third-order valence-electron chi connectivity index (χ3n) is 4.27. The van der Waals surface area contributed by atoms with Gasteiger partial charge in [-0.3, -0.25) is 10.1 Å². The largest absolute Gasteiger partial charge is 0.508 e. The second-order valence-electron chi connectivity index (χ2n) is 6.35. The fourth-order valence-corrected chi connectivity index (χ4v) is 3.19. The number of aromatic nitrogens is 3. The molecule has 1 amide bonds. The topological polar surface area (TPSA) is 88.0 Å². The Hall–Kier alpha value is -3.29. The van der Waals surface area contributed by atoms with Gasteiger partial charge >= 0.3 is 0 Å². The summed E-state index contributed by atoms with van der Waals surface area (Å²) in [4.78, 5) is 24.8. The van der Waals surface area contributed by atoms with Gasteiger partial charge in [-0.15, -0.1) is 11.6 Å². The lowest BCUT2D eigenvalue weighted by molar-refractivity contribution is -0.114. The number of anilines is 1. The van der Waals surface area contributed by atoms with Crippen LogP contribution in [-0.4, -0.2) is 31.8 Å². The zero-order chi connectivity index (χ0) is 21.3. The number of pyridine rings is 1. The third kappa shape index (κ3) is 4.17. The quantitative estimate of drug-likeness (QED) is 0.341. The van der Waals surface area contributed by atoms with Gasteiger partial charge in [-0.2, -0.15) is 0 Å². The Morgan fingerprint density at radius 2 is 1.73 bits per heavy atom. The molecule has 0 saturated heterocycles. The van der Waals surface area contributed by atoms with Gasteiger partial charge in [0.05, 0.1) is 16.9 Å². The number of nitrogens with zero attached hydrogens (tertiary/aromatic N) is 3. The van der Waals surface area contributed by atoms with E-state index in [0.717, 1.165) is 0 Å². The highest BCUT2D eigenvalue weighted by Gasteiger charge is 2.15. The molecule has 0 bridgehead atoms. The summed E-state index contributed by atoms with van der Waals surface area (Å²) in [5.41, 5.74) is 2.50. The maximum Gasteiger partial charge on any atom is 0.241 e. The van der Waals surface area contributed by atoms with Gasteiger partial charge < -0.3 is 5.11 Å². The Morgan fingerprint density at radius 3 is 2.47 bits per heavy atom. The Bertz CT molecular complexity index is 1270. The number of fused-ring (bicyclic) bond motifs is 1. The van der Waals surface area contributed by atoms with E-state index in [2.05, 4.69) is 20.3 Å². The van der Waals surface area contributed by atoms with Crippen molar-refractivity contribution < 1.29 is 14.3 Å². The van der Waals surface area contributed by atoms with Gasteiger partial charge in [0, 0.05) is 16.5 Å². The summed E-state index contributed by atoms with van der Waals surface area (Å²) in [7, 11) is 0. The number of nitrogens with one attached hydrogen (secondary N) is 1. The monoisotopic (exact) mass is 442 g/mol. The summed E-state index contributed by atoms with van der Waals surface area (Å²) >= 11 is 12.0. The van der Waals surface area contributed by atoms with Gasteiger partial charge in [0.2, 0.25) is 11.9 Å². The van der Waals surface area contributed by atoms with Crippen LogP contribution >= 0.6 is 23.2 Å². The van der Waals surface area contributed by atoms with E-state index in [1.165, 1.54) is 30.3 Å². The zero-order valence-electron chi connectivity index (χ0n) is 15.2. The van der Waals surface area contributed by atoms with E-state index >= 15 is 0 Å². The molecule has 0 aliphatic carbocycles. The fraction of sp³-hybridized carbons (Fsp3) is 0.0476. The van der Waals surface area contributed by atoms with Crippen molar-refractivity contribution >= 4 is 46.0 Å². The number of alkyl halides is 1. The predicted molar refractivity (Wildman–Crippen MR) is 114 cm³/mol. The number of rotatable bonds is 4. The van der Waals surface area contributed by atoms with Gasteiger partial charge in [-0.1, -0.05) is 11.6 Å². The second-order valence-corrected chi connectivity index (χ2v) is 6.98. The van der Waals surface area contributed by atoms with Crippen molar-refractivity contribution in [2.45, 2.75) is 0 Å². The predicted octanol–water partition coefficient (Wildman–Crippen LogP) is 5.03. The number of carbonyl (C=O) groups excluding carboxylic acids is 1. The van der Waals surface area contributed by atoms with Crippen LogP contribution in [-0.2, 0) is 4.79 Å². The molecule has 0 fully saturated rings. The van der Waals surface area contributed by atoms with E-state index in [9.17, 15) is 14.3 Å². The number of carbonyl (C=O) groups is 1. The van der Waals surface area contributed by atoms with E-state index in [-0.39, 0.29) is 22.7 Å². The lowest BCUT2D eigenvalue weighted by Gasteiger charge is -2.11. The Balaban J connectivity index is 1.89. The van der Waals surface area contributed by atoms with Crippen LogP contribution in [0.4, 0.5) is 10.3 Å². The van der Waals surface area contributed by atoms with Crippen LogP contribution in [0.1, 0.15) is 0 Å². The van der Waals surface area contributed by atoms with E-state index in [0.29, 0.717) is 33.4 Å². The fourth-order valence-electron chi connectivity index (χ4n) is 2.88. The normalized spacial score (nSPS) is 10.9. The molecule has 0 spiro atoms. The molecule has 2 aromatic carbocycles. The highest BCUT2D eigenvalue weighted by Crippen LogP contribution is 2.32. The molecule has 150 valence electrons. The molecule has 4 rings (SSSR count). The molecule has 0 unspecified atom stereocenters. The summed E-state index contributed by atoms with van der Waals surface area (Å²) in [5, 5.41) is 12.8. The molecule has 0 saturated carbocycles. The molecule has 0 aliphatic heterocycles. The van der Waals surface area contributed by atoms with Gasteiger partial charge in [-0.25, -0.2) is 19.3 Å². The lowest BCUT2D eigenvalue weighted by Crippen LogP contribution is -2.15. The molecule has 0 aliphatic rings. The zero-order valence-corrected chi connectivity index (χ0v) is 16.7. The van der Waals surface area contributed by atoms with Crippen molar-refractivity contribution in [2.24, 2.45) is 0 Å². The first kappa shape index (κ1) is 20.0. The Kier molecular flexibility index (Phi) is 5.48. The smallest absolute Gasteiger partial charge is 0.241 e. The van der Waals surface area contributed by atoms with Crippen molar-refractivity contribution in [2.75, 3.05) is 11.2 Å². The molecule has 30 heavy (non-hydrogen) atoms. The Morgan fingerprint density at radius 1 is 1.00 bits per heavy atom. The third-order valence-corrected chi connectivity index (χ3v) is 4.80. The molecule has 6 nitrogen and oxygen atoms in total. The van der Waals surface area contributed by atoms with Crippen LogP contribution in [0.2, 0.25) is 5.15 Å². The summed E-state index contributed by atoms with van der Waals surface area (Å²) in [6.07, 6.45) is 0. The van der Waals surface area contributed by atoms with E-state index in [1.807, 2.05) is 0 Å². The maximum absolute atomic E-state index is 13.7. The molecule has 9 heteroatoms. The number of amides is 1. The molecule has 0 atom stereocenters. The van der Waals surface area contributed by atoms with Crippen molar-refractivity contribution in [3.05, 3.63) is 65.6 Å². The van der Waals surface area contributed by atoms with Crippen molar-refractivity contribution in [3.63, 3.8) is 0 Å². The lowest BCUT2D eigenvalue weighted by atomic mass is 10.1. The maximum atomic E-state index is 13.7. The van der Waals surface area contributed by atoms with Crippen LogP contribution in [0.15, 0.2) is 54.6 Å². The van der Waals surface area contributed by atoms with Crippen LogP contribution < -0.4 is 5.32 Å². The number of aromatic hydroxyl groups is 1. The summed E-state index contributed by atoms with van der Waals surface area (Å²) in [5.74, 6) is -1.01. The van der Waals surface area contributed by atoms with Crippen molar-refractivity contribution in [3.8, 4) is 28.3 Å². The number of phenolic OH excluding ortho intramolecular Hbond substituents is 1. The minimum atomic E-state index is -0.477. The first-order chi connectivity index (χ1) is 14.4. The number of hydrogen-bond donors (Lipinski definition) is 2.